The lowest BCUT2D eigenvalue weighted by molar-refractivity contribution is 0.599. The number of hydrogen-bond acceptors (Lipinski definition) is 2. The Bertz CT molecular complexity index is 568. The van der Waals surface area contributed by atoms with Crippen LogP contribution in [0.25, 0.3) is 0 Å². The first-order valence-corrected chi connectivity index (χ1v) is 7.42. The maximum absolute atomic E-state index is 6.30. The van der Waals surface area contributed by atoms with Gasteiger partial charge >= 0.3 is 0 Å². The van der Waals surface area contributed by atoms with Crippen molar-refractivity contribution < 1.29 is 0 Å². The first-order chi connectivity index (χ1) is 8.54. The Morgan fingerprint density at radius 1 is 1.44 bits per heavy atom. The summed E-state index contributed by atoms with van der Waals surface area (Å²) in [6, 6.07) is 5.40. The maximum Gasteiger partial charge on any atom is 0.0749 e. The number of nitrogens with two attached hydrogens (primary N) is 1. The molecule has 2 N–H and O–H groups in total. The van der Waals surface area contributed by atoms with Crippen LogP contribution in [0, 0.1) is 0 Å². The van der Waals surface area contributed by atoms with Crippen LogP contribution in [0.3, 0.4) is 0 Å². The lowest BCUT2D eigenvalue weighted by Gasteiger charge is -2.16. The van der Waals surface area contributed by atoms with Crippen LogP contribution in [0.15, 0.2) is 33.3 Å². The SMILES string of the molecule is CCn1ncc(Br)c1C(N)c1ccc(Br)cc1Cl. The van der Waals surface area contributed by atoms with Crippen LogP contribution in [0.1, 0.15) is 24.2 Å². The van der Waals surface area contributed by atoms with Gasteiger partial charge < -0.3 is 5.73 Å². The third kappa shape index (κ3) is 2.64. The number of aryl methyl sites for hydroxylation is 1. The highest BCUT2D eigenvalue weighted by atomic mass is 79.9. The van der Waals surface area contributed by atoms with Gasteiger partial charge in [0.25, 0.3) is 0 Å². The number of nitrogens with zero attached hydrogens (tertiary/aromatic N) is 2. The molecule has 18 heavy (non-hydrogen) atoms. The fourth-order valence-electron chi connectivity index (χ4n) is 1.83. The average Bonchev–Trinajstić information content (AvgIpc) is 2.69. The maximum atomic E-state index is 6.30. The van der Waals surface area contributed by atoms with Crippen molar-refractivity contribution in [1.82, 2.24) is 9.78 Å². The summed E-state index contributed by atoms with van der Waals surface area (Å²) in [5, 5.41) is 4.91. The lowest BCUT2D eigenvalue weighted by Crippen LogP contribution is -2.18. The van der Waals surface area contributed by atoms with E-state index in [1.165, 1.54) is 0 Å². The molecule has 0 spiro atoms. The average molecular weight is 394 g/mol. The fourth-order valence-corrected chi connectivity index (χ4v) is 3.17. The van der Waals surface area contributed by atoms with Gasteiger partial charge in [-0.05, 0) is 40.5 Å². The minimum atomic E-state index is -0.303. The molecule has 1 atom stereocenters. The van der Waals surface area contributed by atoms with E-state index in [2.05, 4.69) is 37.0 Å². The summed E-state index contributed by atoms with van der Waals surface area (Å²) in [6.07, 6.45) is 1.76. The molecule has 0 fully saturated rings. The molecule has 1 unspecified atom stereocenters. The summed E-state index contributed by atoms with van der Waals surface area (Å²) in [4.78, 5) is 0. The molecule has 0 aliphatic heterocycles. The largest absolute Gasteiger partial charge is 0.319 e. The summed E-state index contributed by atoms with van der Waals surface area (Å²) in [5.41, 5.74) is 8.12. The molecule has 3 nitrogen and oxygen atoms in total. The Kier molecular flexibility index (Phi) is 4.48. The molecule has 0 radical (unpaired) electrons. The van der Waals surface area contributed by atoms with Crippen molar-refractivity contribution in [2.24, 2.45) is 5.73 Å². The van der Waals surface area contributed by atoms with Crippen LogP contribution in [-0.2, 0) is 6.54 Å². The van der Waals surface area contributed by atoms with E-state index in [0.717, 1.165) is 26.7 Å². The van der Waals surface area contributed by atoms with Gasteiger partial charge in [-0.25, -0.2) is 0 Å². The highest BCUT2D eigenvalue weighted by Gasteiger charge is 2.19. The van der Waals surface area contributed by atoms with Gasteiger partial charge in [-0.2, -0.15) is 5.10 Å². The molecule has 0 amide bonds. The second kappa shape index (κ2) is 5.74. The van der Waals surface area contributed by atoms with E-state index >= 15 is 0 Å². The molecule has 2 aromatic rings. The van der Waals surface area contributed by atoms with Crippen molar-refractivity contribution in [1.29, 1.82) is 0 Å². The third-order valence-corrected chi connectivity index (χ3v) is 4.16. The smallest absolute Gasteiger partial charge is 0.0749 e. The normalized spacial score (nSPS) is 12.7. The van der Waals surface area contributed by atoms with Crippen molar-refractivity contribution in [3.05, 3.63) is 49.6 Å². The van der Waals surface area contributed by atoms with Gasteiger partial charge in [0.1, 0.15) is 0 Å². The van der Waals surface area contributed by atoms with Gasteiger partial charge in [0.05, 0.1) is 22.4 Å². The van der Waals surface area contributed by atoms with Crippen LogP contribution in [0.5, 0.6) is 0 Å². The van der Waals surface area contributed by atoms with Gasteiger partial charge in [0, 0.05) is 16.0 Å². The Morgan fingerprint density at radius 3 is 2.78 bits per heavy atom. The molecule has 0 aliphatic rings. The fraction of sp³-hybridized carbons (Fsp3) is 0.250. The van der Waals surface area contributed by atoms with E-state index in [9.17, 15) is 0 Å². The molecular weight excluding hydrogens is 381 g/mol. The quantitative estimate of drug-likeness (QED) is 0.852. The first kappa shape index (κ1) is 14.1. The number of hydrogen-bond donors (Lipinski definition) is 1. The van der Waals surface area contributed by atoms with Crippen LogP contribution in [0.2, 0.25) is 5.02 Å². The number of benzene rings is 1. The minimum Gasteiger partial charge on any atom is -0.319 e. The molecule has 0 aliphatic carbocycles. The van der Waals surface area contributed by atoms with Crippen molar-refractivity contribution >= 4 is 43.5 Å². The molecule has 0 saturated heterocycles. The zero-order chi connectivity index (χ0) is 13.3. The number of halogens is 3. The van der Waals surface area contributed by atoms with Crippen molar-refractivity contribution in [2.75, 3.05) is 0 Å². The van der Waals surface area contributed by atoms with E-state index in [1.54, 1.807) is 6.20 Å². The standard InChI is InChI=1S/C12H12Br2ClN3/c1-2-18-12(9(14)6-17-18)11(16)8-4-3-7(13)5-10(8)15/h3-6,11H,2,16H2,1H3. The Morgan fingerprint density at radius 2 is 2.17 bits per heavy atom. The summed E-state index contributed by atoms with van der Waals surface area (Å²) in [7, 11) is 0. The lowest BCUT2D eigenvalue weighted by atomic mass is 10.0. The van der Waals surface area contributed by atoms with Gasteiger partial charge in [-0.3, -0.25) is 4.68 Å². The molecule has 1 heterocycles. The van der Waals surface area contributed by atoms with Crippen LogP contribution in [0.4, 0.5) is 0 Å². The first-order valence-electron chi connectivity index (χ1n) is 5.46. The molecule has 96 valence electrons. The van der Waals surface area contributed by atoms with Gasteiger partial charge in [0.2, 0.25) is 0 Å². The number of rotatable bonds is 3. The van der Waals surface area contributed by atoms with Crippen LogP contribution in [-0.4, -0.2) is 9.78 Å². The van der Waals surface area contributed by atoms with Crippen molar-refractivity contribution in [2.45, 2.75) is 19.5 Å². The highest BCUT2D eigenvalue weighted by molar-refractivity contribution is 9.10. The molecule has 0 bridgehead atoms. The van der Waals surface area contributed by atoms with Crippen molar-refractivity contribution in [3.8, 4) is 0 Å². The Labute approximate surface area is 128 Å². The van der Waals surface area contributed by atoms with E-state index in [4.69, 9.17) is 17.3 Å². The second-order valence-corrected chi connectivity index (χ2v) is 6.01. The van der Waals surface area contributed by atoms with Gasteiger partial charge in [-0.15, -0.1) is 0 Å². The summed E-state index contributed by atoms with van der Waals surface area (Å²) < 4.78 is 3.70. The van der Waals surface area contributed by atoms with Gasteiger partial charge in [-0.1, -0.05) is 33.6 Å². The monoisotopic (exact) mass is 391 g/mol. The molecular formula is C12H12Br2ClN3. The summed E-state index contributed by atoms with van der Waals surface area (Å²) in [6.45, 7) is 2.79. The van der Waals surface area contributed by atoms with E-state index in [-0.39, 0.29) is 6.04 Å². The van der Waals surface area contributed by atoms with Gasteiger partial charge in [0.15, 0.2) is 0 Å². The Hall–Kier alpha value is -0.360. The van der Waals surface area contributed by atoms with Crippen LogP contribution >= 0.6 is 43.5 Å². The zero-order valence-electron chi connectivity index (χ0n) is 9.70. The zero-order valence-corrected chi connectivity index (χ0v) is 13.6. The predicted molar refractivity (Wildman–Crippen MR) is 80.8 cm³/mol. The molecule has 6 heteroatoms. The summed E-state index contributed by atoms with van der Waals surface area (Å²) in [5.74, 6) is 0. The molecule has 2 rings (SSSR count). The minimum absolute atomic E-state index is 0.303. The van der Waals surface area contributed by atoms with Crippen LogP contribution < -0.4 is 5.73 Å². The molecule has 1 aromatic carbocycles. The third-order valence-electron chi connectivity index (χ3n) is 2.72. The topological polar surface area (TPSA) is 43.8 Å². The molecule has 0 saturated carbocycles. The van der Waals surface area contributed by atoms with E-state index in [0.29, 0.717) is 5.02 Å². The van der Waals surface area contributed by atoms with E-state index < -0.39 is 0 Å². The highest BCUT2D eigenvalue weighted by Crippen LogP contribution is 2.32. The molecule has 1 aromatic heterocycles. The van der Waals surface area contributed by atoms with Crippen molar-refractivity contribution in [3.63, 3.8) is 0 Å². The Balaban J connectivity index is 2.47. The second-order valence-electron chi connectivity index (χ2n) is 3.84. The number of aromatic nitrogens is 2. The predicted octanol–water partition coefficient (Wildman–Crippen LogP) is 4.13. The van der Waals surface area contributed by atoms with E-state index in [1.807, 2.05) is 29.8 Å². The summed E-state index contributed by atoms with van der Waals surface area (Å²) >= 11 is 13.1.